The number of hydrogen-bond donors (Lipinski definition) is 0. The molecular formula is C12H12N2O2. The molecule has 2 heterocycles. The Morgan fingerprint density at radius 1 is 1.50 bits per heavy atom. The van der Waals surface area contributed by atoms with Gasteiger partial charge in [0.25, 0.3) is 0 Å². The molecule has 4 nitrogen and oxygen atoms in total. The third-order valence-corrected chi connectivity index (χ3v) is 2.90. The number of carbonyl (C=O) groups is 1. The fourth-order valence-corrected chi connectivity index (χ4v) is 1.84. The van der Waals surface area contributed by atoms with Crippen molar-refractivity contribution < 1.29 is 9.53 Å². The Labute approximate surface area is 92.8 Å². The second kappa shape index (κ2) is 3.33. The molecule has 1 fully saturated rings. The summed E-state index contributed by atoms with van der Waals surface area (Å²) in [6.45, 7) is 0. The van der Waals surface area contributed by atoms with E-state index in [0.29, 0.717) is 11.5 Å². The number of nitrogens with zero attached hydrogens (tertiary/aromatic N) is 2. The predicted molar refractivity (Wildman–Crippen MR) is 58.5 cm³/mol. The van der Waals surface area contributed by atoms with Crippen molar-refractivity contribution in [3.63, 3.8) is 0 Å². The quantitative estimate of drug-likeness (QED) is 0.721. The smallest absolute Gasteiger partial charge is 0.337 e. The molecule has 82 valence electrons. The first kappa shape index (κ1) is 9.39. The minimum Gasteiger partial charge on any atom is -0.465 e. The molecule has 1 aliphatic rings. The zero-order valence-corrected chi connectivity index (χ0v) is 9.01. The Morgan fingerprint density at radius 2 is 2.31 bits per heavy atom. The zero-order chi connectivity index (χ0) is 11.1. The van der Waals surface area contributed by atoms with Gasteiger partial charge in [-0.3, -0.25) is 0 Å². The number of hydrogen-bond acceptors (Lipinski definition) is 3. The molecule has 16 heavy (non-hydrogen) atoms. The summed E-state index contributed by atoms with van der Waals surface area (Å²) < 4.78 is 6.49. The highest BCUT2D eigenvalue weighted by atomic mass is 16.5. The number of rotatable bonds is 2. The van der Waals surface area contributed by atoms with Crippen molar-refractivity contribution in [3.05, 3.63) is 35.7 Å². The molecule has 0 bridgehead atoms. The van der Waals surface area contributed by atoms with Crippen LogP contribution in [-0.2, 0) is 4.74 Å². The fraction of sp³-hybridized carbons (Fsp3) is 0.333. The molecule has 2 aromatic heterocycles. The summed E-state index contributed by atoms with van der Waals surface area (Å²) in [6, 6.07) is 5.58. The second-order valence-electron chi connectivity index (χ2n) is 4.12. The molecule has 0 radical (unpaired) electrons. The van der Waals surface area contributed by atoms with Crippen molar-refractivity contribution in [1.82, 2.24) is 9.61 Å². The zero-order valence-electron chi connectivity index (χ0n) is 9.01. The van der Waals surface area contributed by atoms with Gasteiger partial charge in [0.15, 0.2) is 0 Å². The minimum absolute atomic E-state index is 0.309. The van der Waals surface area contributed by atoms with Crippen molar-refractivity contribution in [2.24, 2.45) is 0 Å². The Balaban J connectivity index is 2.06. The van der Waals surface area contributed by atoms with Crippen LogP contribution in [0.25, 0.3) is 5.52 Å². The van der Waals surface area contributed by atoms with E-state index in [2.05, 4.69) is 9.84 Å². The lowest BCUT2D eigenvalue weighted by atomic mass is 10.2. The van der Waals surface area contributed by atoms with E-state index in [9.17, 15) is 4.79 Å². The summed E-state index contributed by atoms with van der Waals surface area (Å²) >= 11 is 0. The first-order chi connectivity index (χ1) is 7.78. The van der Waals surface area contributed by atoms with Crippen LogP contribution < -0.4 is 0 Å². The lowest BCUT2D eigenvalue weighted by Crippen LogP contribution is -2.01. The topological polar surface area (TPSA) is 43.6 Å². The molecule has 0 amide bonds. The van der Waals surface area contributed by atoms with Crippen molar-refractivity contribution in [1.29, 1.82) is 0 Å². The van der Waals surface area contributed by atoms with Crippen LogP contribution in [0.3, 0.4) is 0 Å². The summed E-state index contributed by atoms with van der Waals surface area (Å²) in [4.78, 5) is 11.4. The first-order valence-corrected chi connectivity index (χ1v) is 5.35. The first-order valence-electron chi connectivity index (χ1n) is 5.35. The maximum atomic E-state index is 11.4. The molecule has 1 saturated carbocycles. The maximum absolute atomic E-state index is 11.4. The van der Waals surface area contributed by atoms with Gasteiger partial charge in [-0.1, -0.05) is 0 Å². The van der Waals surface area contributed by atoms with Crippen LogP contribution in [0.4, 0.5) is 0 Å². The molecule has 2 aromatic rings. The van der Waals surface area contributed by atoms with Gasteiger partial charge >= 0.3 is 5.97 Å². The molecule has 0 N–H and O–H groups in total. The number of esters is 1. The third-order valence-electron chi connectivity index (χ3n) is 2.90. The van der Waals surface area contributed by atoms with Crippen molar-refractivity contribution in [2.75, 3.05) is 7.11 Å². The monoisotopic (exact) mass is 216 g/mol. The lowest BCUT2D eigenvalue weighted by Gasteiger charge is -1.98. The molecule has 0 spiro atoms. The largest absolute Gasteiger partial charge is 0.465 e. The summed E-state index contributed by atoms with van der Waals surface area (Å²) in [7, 11) is 1.39. The second-order valence-corrected chi connectivity index (χ2v) is 4.12. The molecule has 0 aliphatic heterocycles. The number of fused-ring (bicyclic) bond motifs is 1. The van der Waals surface area contributed by atoms with Gasteiger partial charge in [-0.15, -0.1) is 0 Å². The van der Waals surface area contributed by atoms with Crippen LogP contribution in [0, 0.1) is 0 Å². The van der Waals surface area contributed by atoms with E-state index in [-0.39, 0.29) is 5.97 Å². The van der Waals surface area contributed by atoms with Crippen LogP contribution in [0.15, 0.2) is 24.4 Å². The van der Waals surface area contributed by atoms with Crippen LogP contribution in [0.2, 0.25) is 0 Å². The highest BCUT2D eigenvalue weighted by molar-refractivity contribution is 5.90. The number of ether oxygens (including phenoxy) is 1. The molecular weight excluding hydrogens is 204 g/mol. The Morgan fingerprint density at radius 3 is 3.00 bits per heavy atom. The van der Waals surface area contributed by atoms with E-state index in [1.165, 1.54) is 20.0 Å². The standard InChI is InChI=1S/C12H12N2O2/c1-16-12(15)9-4-5-14-10(6-9)7-11(13-14)8-2-3-8/h4-8H,2-3H2,1H3. The minimum atomic E-state index is -0.309. The maximum Gasteiger partial charge on any atom is 0.337 e. The molecule has 0 atom stereocenters. The van der Waals surface area contributed by atoms with Gasteiger partial charge in [0.2, 0.25) is 0 Å². The van der Waals surface area contributed by atoms with E-state index in [4.69, 9.17) is 0 Å². The Bertz CT molecular complexity index is 555. The van der Waals surface area contributed by atoms with E-state index in [1.54, 1.807) is 16.8 Å². The fourth-order valence-electron chi connectivity index (χ4n) is 1.84. The van der Waals surface area contributed by atoms with Crippen LogP contribution >= 0.6 is 0 Å². The van der Waals surface area contributed by atoms with Crippen LogP contribution in [0.1, 0.15) is 34.8 Å². The number of pyridine rings is 1. The van der Waals surface area contributed by atoms with Gasteiger partial charge in [-0.25, -0.2) is 9.31 Å². The van der Waals surface area contributed by atoms with Gasteiger partial charge in [0.05, 0.1) is 23.9 Å². The molecule has 1 aliphatic carbocycles. The number of carbonyl (C=O) groups excluding carboxylic acids is 1. The van der Waals surface area contributed by atoms with E-state index < -0.39 is 0 Å². The predicted octanol–water partition coefficient (Wildman–Crippen LogP) is 2.00. The molecule has 4 heteroatoms. The summed E-state index contributed by atoms with van der Waals surface area (Å²) in [5.74, 6) is 0.318. The average molecular weight is 216 g/mol. The van der Waals surface area contributed by atoms with E-state index >= 15 is 0 Å². The highest BCUT2D eigenvalue weighted by Crippen LogP contribution is 2.39. The van der Waals surface area contributed by atoms with Gasteiger partial charge in [-0.05, 0) is 31.0 Å². The van der Waals surface area contributed by atoms with Crippen LogP contribution in [0.5, 0.6) is 0 Å². The highest BCUT2D eigenvalue weighted by Gasteiger charge is 2.26. The lowest BCUT2D eigenvalue weighted by molar-refractivity contribution is 0.0600. The van der Waals surface area contributed by atoms with E-state index in [1.807, 2.05) is 12.1 Å². The summed E-state index contributed by atoms with van der Waals surface area (Å²) in [5, 5.41) is 4.47. The number of aromatic nitrogens is 2. The number of methoxy groups -OCH3 is 1. The van der Waals surface area contributed by atoms with Gasteiger partial charge in [0, 0.05) is 12.1 Å². The third kappa shape index (κ3) is 1.46. The molecule has 0 aromatic carbocycles. The van der Waals surface area contributed by atoms with Crippen LogP contribution in [-0.4, -0.2) is 22.7 Å². The summed E-state index contributed by atoms with van der Waals surface area (Å²) in [6.07, 6.45) is 4.26. The van der Waals surface area contributed by atoms with E-state index in [0.717, 1.165) is 11.2 Å². The van der Waals surface area contributed by atoms with Gasteiger partial charge < -0.3 is 4.74 Å². The SMILES string of the molecule is COC(=O)c1ccn2nc(C3CC3)cc2c1. The molecule has 3 rings (SSSR count). The molecule has 0 unspecified atom stereocenters. The van der Waals surface area contributed by atoms with Crippen molar-refractivity contribution in [3.8, 4) is 0 Å². The van der Waals surface area contributed by atoms with Gasteiger partial charge in [-0.2, -0.15) is 5.10 Å². The average Bonchev–Trinajstić information content (AvgIpc) is 3.07. The Kier molecular flexibility index (Phi) is 1.96. The van der Waals surface area contributed by atoms with Crippen molar-refractivity contribution in [2.45, 2.75) is 18.8 Å². The molecule has 0 saturated heterocycles. The normalized spacial score (nSPS) is 15.3. The summed E-state index contributed by atoms with van der Waals surface area (Å²) in [5.41, 5.74) is 2.64. The van der Waals surface area contributed by atoms with Crippen molar-refractivity contribution >= 4 is 11.5 Å². The Hall–Kier alpha value is -1.84. The van der Waals surface area contributed by atoms with Gasteiger partial charge in [0.1, 0.15) is 0 Å².